The Morgan fingerprint density at radius 1 is 1.50 bits per heavy atom. The Bertz CT molecular complexity index is 173. The van der Waals surface area contributed by atoms with E-state index in [1.807, 2.05) is 0 Å². The topological polar surface area (TPSA) is 57.2 Å². The first-order valence-corrected chi connectivity index (χ1v) is 6.53. The predicted molar refractivity (Wildman–Crippen MR) is 43.3 cm³/mol. The van der Waals surface area contributed by atoms with Crippen LogP contribution in [0.2, 0.25) is 0 Å². The molecule has 62 valence electrons. The lowest BCUT2D eigenvalue weighted by Gasteiger charge is -2.06. The maximum atomic E-state index is 10.7. The first-order chi connectivity index (χ1) is 4.45. The van der Waals surface area contributed by atoms with Crippen molar-refractivity contribution in [3.8, 4) is 0 Å². The molecule has 0 spiro atoms. The number of hydrogen-bond acceptors (Lipinski definition) is 3. The van der Waals surface area contributed by atoms with Crippen molar-refractivity contribution in [3.63, 3.8) is 0 Å². The highest BCUT2D eigenvalue weighted by Gasteiger charge is 2.08. The molecular weight excluding hydrogens is 172 g/mol. The summed E-state index contributed by atoms with van der Waals surface area (Å²) in [7, 11) is -2.92. The predicted octanol–water partition coefficient (Wildman–Crippen LogP) is -0.200. The Hall–Kier alpha value is 0.260. The van der Waals surface area contributed by atoms with Crippen LogP contribution in [0.3, 0.4) is 0 Å². The van der Waals surface area contributed by atoms with Gasteiger partial charge in [0.15, 0.2) is 9.84 Å². The third-order valence-corrected chi connectivity index (χ3v) is 3.51. The Balaban J connectivity index is 3.56. The second-order valence-electron chi connectivity index (χ2n) is 2.06. The minimum atomic E-state index is -2.92. The SMILES string of the molecule is CC[S+]([O-])CCS(C)(=O)=O. The van der Waals surface area contributed by atoms with Gasteiger partial charge in [0, 0.05) is 6.26 Å². The molecule has 0 amide bonds. The zero-order chi connectivity index (χ0) is 8.20. The van der Waals surface area contributed by atoms with E-state index >= 15 is 0 Å². The minimum absolute atomic E-state index is 0.0352. The summed E-state index contributed by atoms with van der Waals surface area (Å²) in [6, 6.07) is 0. The highest BCUT2D eigenvalue weighted by molar-refractivity contribution is 7.94. The Labute approximate surface area is 64.9 Å². The summed E-state index contributed by atoms with van der Waals surface area (Å²) in [4.78, 5) is 0. The Kier molecular flexibility index (Phi) is 4.31. The number of sulfone groups is 1. The van der Waals surface area contributed by atoms with Crippen molar-refractivity contribution in [1.29, 1.82) is 0 Å². The lowest BCUT2D eigenvalue weighted by molar-refractivity contribution is 0.591. The molecule has 0 aliphatic carbocycles. The molecule has 0 N–H and O–H groups in total. The van der Waals surface area contributed by atoms with Crippen LogP contribution in [-0.4, -0.2) is 36.5 Å². The van der Waals surface area contributed by atoms with Crippen molar-refractivity contribution in [2.45, 2.75) is 6.92 Å². The van der Waals surface area contributed by atoms with Gasteiger partial charge < -0.3 is 4.55 Å². The molecule has 0 aliphatic rings. The van der Waals surface area contributed by atoms with Crippen LogP contribution in [0.1, 0.15) is 6.92 Å². The van der Waals surface area contributed by atoms with E-state index in [-0.39, 0.29) is 11.5 Å². The molecule has 10 heavy (non-hydrogen) atoms. The van der Waals surface area contributed by atoms with Crippen LogP contribution < -0.4 is 0 Å². The summed E-state index contributed by atoms with van der Waals surface area (Å²) >= 11 is -0.953. The minimum Gasteiger partial charge on any atom is -0.616 e. The summed E-state index contributed by atoms with van der Waals surface area (Å²) in [5.74, 6) is 0.846. The van der Waals surface area contributed by atoms with Crippen molar-refractivity contribution in [3.05, 3.63) is 0 Å². The maximum Gasteiger partial charge on any atom is 0.152 e. The second-order valence-corrected chi connectivity index (χ2v) is 6.19. The fourth-order valence-electron chi connectivity index (χ4n) is 0.389. The van der Waals surface area contributed by atoms with Crippen LogP contribution in [0.25, 0.3) is 0 Å². The molecule has 0 saturated heterocycles. The van der Waals surface area contributed by atoms with Gasteiger partial charge in [0.2, 0.25) is 0 Å². The Morgan fingerprint density at radius 2 is 2.00 bits per heavy atom. The fourth-order valence-corrected chi connectivity index (χ4v) is 2.63. The van der Waals surface area contributed by atoms with Crippen LogP contribution in [0.15, 0.2) is 0 Å². The van der Waals surface area contributed by atoms with Crippen LogP contribution in [-0.2, 0) is 21.0 Å². The number of hydrogen-bond donors (Lipinski definition) is 0. The van der Waals surface area contributed by atoms with Gasteiger partial charge in [-0.05, 0) is 6.92 Å². The van der Waals surface area contributed by atoms with E-state index in [0.29, 0.717) is 5.75 Å². The zero-order valence-corrected chi connectivity index (χ0v) is 7.80. The summed E-state index contributed by atoms with van der Waals surface area (Å²) in [6.07, 6.45) is 1.15. The molecule has 0 radical (unpaired) electrons. The summed E-state index contributed by atoms with van der Waals surface area (Å²) in [5.41, 5.74) is 0. The monoisotopic (exact) mass is 184 g/mol. The van der Waals surface area contributed by atoms with Crippen molar-refractivity contribution in [2.75, 3.05) is 23.5 Å². The van der Waals surface area contributed by atoms with E-state index in [9.17, 15) is 13.0 Å². The average Bonchev–Trinajstić information content (AvgIpc) is 1.81. The van der Waals surface area contributed by atoms with E-state index < -0.39 is 21.0 Å². The van der Waals surface area contributed by atoms with Gasteiger partial charge in [-0.15, -0.1) is 0 Å². The molecule has 0 heterocycles. The Morgan fingerprint density at radius 3 is 2.30 bits per heavy atom. The summed E-state index contributed by atoms with van der Waals surface area (Å²) in [6.45, 7) is 1.78. The van der Waals surface area contributed by atoms with Gasteiger partial charge in [-0.25, -0.2) is 8.42 Å². The molecule has 0 fully saturated rings. The van der Waals surface area contributed by atoms with E-state index in [4.69, 9.17) is 0 Å². The first-order valence-electron chi connectivity index (χ1n) is 2.98. The third kappa shape index (κ3) is 6.38. The van der Waals surface area contributed by atoms with E-state index in [1.165, 1.54) is 0 Å². The zero-order valence-electron chi connectivity index (χ0n) is 6.16. The molecule has 0 saturated carbocycles. The summed E-state index contributed by atoms with van der Waals surface area (Å²) < 4.78 is 31.7. The molecule has 1 unspecified atom stereocenters. The molecular formula is C5H12O3S2. The lowest BCUT2D eigenvalue weighted by atomic mass is 10.9. The third-order valence-electron chi connectivity index (χ3n) is 1.00. The smallest absolute Gasteiger partial charge is 0.152 e. The van der Waals surface area contributed by atoms with Gasteiger partial charge >= 0.3 is 0 Å². The highest BCUT2D eigenvalue weighted by Crippen LogP contribution is 1.92. The molecule has 0 aromatic heterocycles. The standard InChI is InChI=1S/C5H12O3S2/c1-3-9(6)4-5-10(2,7)8/h3-5H2,1-2H3. The van der Waals surface area contributed by atoms with Crippen LogP contribution in [0.4, 0.5) is 0 Å². The molecule has 1 atom stereocenters. The average molecular weight is 184 g/mol. The van der Waals surface area contributed by atoms with Gasteiger partial charge in [0.1, 0.15) is 11.5 Å². The molecule has 3 nitrogen and oxygen atoms in total. The van der Waals surface area contributed by atoms with Crippen molar-refractivity contribution >= 4 is 21.0 Å². The van der Waals surface area contributed by atoms with Gasteiger partial charge in [0.25, 0.3) is 0 Å². The van der Waals surface area contributed by atoms with Gasteiger partial charge in [-0.2, -0.15) is 0 Å². The van der Waals surface area contributed by atoms with Gasteiger partial charge in [-0.3, -0.25) is 0 Å². The second kappa shape index (κ2) is 4.20. The van der Waals surface area contributed by atoms with Crippen molar-refractivity contribution in [2.24, 2.45) is 0 Å². The first kappa shape index (κ1) is 10.3. The number of rotatable bonds is 4. The van der Waals surface area contributed by atoms with Crippen molar-refractivity contribution < 1.29 is 13.0 Å². The quantitative estimate of drug-likeness (QED) is 0.568. The van der Waals surface area contributed by atoms with E-state index in [0.717, 1.165) is 6.26 Å². The molecule has 0 bridgehead atoms. The molecule has 0 rings (SSSR count). The maximum absolute atomic E-state index is 10.7. The van der Waals surface area contributed by atoms with Crippen LogP contribution in [0.5, 0.6) is 0 Å². The molecule has 0 aromatic rings. The molecule has 0 aromatic carbocycles. The highest BCUT2D eigenvalue weighted by atomic mass is 32.2. The van der Waals surface area contributed by atoms with Gasteiger partial charge in [-0.1, -0.05) is 11.2 Å². The van der Waals surface area contributed by atoms with E-state index in [2.05, 4.69) is 0 Å². The lowest BCUT2D eigenvalue weighted by Crippen LogP contribution is -2.17. The largest absolute Gasteiger partial charge is 0.616 e. The molecule has 5 heteroatoms. The molecule has 0 aliphatic heterocycles. The normalized spacial score (nSPS) is 15.1. The van der Waals surface area contributed by atoms with Crippen molar-refractivity contribution in [1.82, 2.24) is 0 Å². The fraction of sp³-hybridized carbons (Fsp3) is 1.00. The van der Waals surface area contributed by atoms with Gasteiger partial charge in [0.05, 0.1) is 5.75 Å². The summed E-state index contributed by atoms with van der Waals surface area (Å²) in [5, 5.41) is 0. The van der Waals surface area contributed by atoms with Crippen LogP contribution in [0, 0.1) is 0 Å². The van der Waals surface area contributed by atoms with Crippen LogP contribution >= 0.6 is 0 Å². The van der Waals surface area contributed by atoms with E-state index in [1.54, 1.807) is 6.92 Å².